The number of benzene rings is 1. The molecule has 2 rings (SSSR count). The lowest BCUT2D eigenvalue weighted by molar-refractivity contribution is -0.149. The van der Waals surface area contributed by atoms with Crippen molar-refractivity contribution in [3.63, 3.8) is 0 Å². The number of aromatic nitrogens is 1. The Bertz CT molecular complexity index is 699. The van der Waals surface area contributed by atoms with Gasteiger partial charge in [-0.25, -0.2) is 0 Å². The second-order valence-corrected chi connectivity index (χ2v) is 5.75. The molecule has 1 amide bonds. The predicted molar refractivity (Wildman–Crippen MR) is 93.1 cm³/mol. The van der Waals surface area contributed by atoms with Crippen LogP contribution in [-0.4, -0.2) is 48.2 Å². The fourth-order valence-corrected chi connectivity index (χ4v) is 2.43. The van der Waals surface area contributed by atoms with E-state index in [0.717, 1.165) is 5.56 Å². The number of hydrogen-bond donors (Lipinski definition) is 1. The average Bonchev–Trinajstić information content (AvgIpc) is 2.98. The normalized spacial score (nSPS) is 12.0. The third kappa shape index (κ3) is 5.72. The van der Waals surface area contributed by atoms with Gasteiger partial charge in [0.2, 0.25) is 11.8 Å². The van der Waals surface area contributed by atoms with Gasteiger partial charge in [-0.05, 0) is 32.9 Å². The quantitative estimate of drug-likeness (QED) is 0.737. The Balaban J connectivity index is 2.02. The van der Waals surface area contributed by atoms with Crippen molar-refractivity contribution in [2.24, 2.45) is 0 Å². The zero-order valence-corrected chi connectivity index (χ0v) is 14.7. The number of ether oxygens (including phenoxy) is 1. The minimum absolute atomic E-state index is 0.0239. The molecule has 1 aromatic heterocycles. The van der Waals surface area contributed by atoms with Crippen molar-refractivity contribution in [2.45, 2.75) is 26.3 Å². The number of likely N-dealkylation sites (N-methyl/N-ethyl adjacent to an activating group) is 1. The van der Waals surface area contributed by atoms with E-state index in [-0.39, 0.29) is 24.3 Å². The second kappa shape index (κ2) is 8.98. The lowest BCUT2D eigenvalue weighted by Gasteiger charge is -2.25. The standard InChI is InChI=1S/C18H23N3O4/c1-4-24-18(23)15(11-14-8-6-5-7-9-14)21(3)12-16(22)19-17-10-13(2)20-25-17/h5-10,15H,4,11-12H2,1-3H3,(H,19,22)/t15-/m0/s1. The third-order valence-corrected chi connectivity index (χ3v) is 3.65. The lowest BCUT2D eigenvalue weighted by Crippen LogP contribution is -2.44. The molecule has 7 nitrogen and oxygen atoms in total. The van der Waals surface area contributed by atoms with Crippen LogP contribution in [0.1, 0.15) is 18.2 Å². The molecule has 0 aliphatic heterocycles. The first kappa shape index (κ1) is 18.7. The topological polar surface area (TPSA) is 84.7 Å². The highest BCUT2D eigenvalue weighted by Gasteiger charge is 2.26. The van der Waals surface area contributed by atoms with E-state index in [4.69, 9.17) is 9.26 Å². The summed E-state index contributed by atoms with van der Waals surface area (Å²) < 4.78 is 10.1. The molecule has 0 aliphatic rings. The Kier molecular flexibility index (Phi) is 6.71. The van der Waals surface area contributed by atoms with E-state index in [1.54, 1.807) is 31.9 Å². The first-order valence-electron chi connectivity index (χ1n) is 8.13. The van der Waals surface area contributed by atoms with Crippen LogP contribution in [0.15, 0.2) is 40.9 Å². The maximum absolute atomic E-state index is 12.3. The van der Waals surface area contributed by atoms with E-state index in [9.17, 15) is 9.59 Å². The number of carbonyl (C=O) groups is 2. The Morgan fingerprint density at radius 1 is 1.32 bits per heavy atom. The first-order chi connectivity index (χ1) is 12.0. The summed E-state index contributed by atoms with van der Waals surface area (Å²) in [5.74, 6) is -0.357. The largest absolute Gasteiger partial charge is 0.465 e. The molecule has 1 aromatic carbocycles. The number of aryl methyl sites for hydroxylation is 1. The Labute approximate surface area is 146 Å². The molecule has 134 valence electrons. The highest BCUT2D eigenvalue weighted by Crippen LogP contribution is 2.11. The third-order valence-electron chi connectivity index (χ3n) is 3.65. The fraction of sp³-hybridized carbons (Fsp3) is 0.389. The first-order valence-corrected chi connectivity index (χ1v) is 8.13. The van der Waals surface area contributed by atoms with E-state index in [0.29, 0.717) is 18.7 Å². The van der Waals surface area contributed by atoms with E-state index in [1.807, 2.05) is 30.3 Å². The van der Waals surface area contributed by atoms with Crippen LogP contribution in [0.25, 0.3) is 0 Å². The van der Waals surface area contributed by atoms with Crippen LogP contribution in [0.3, 0.4) is 0 Å². The summed E-state index contributed by atoms with van der Waals surface area (Å²) in [6.07, 6.45) is 0.463. The van der Waals surface area contributed by atoms with Gasteiger partial charge in [-0.1, -0.05) is 35.5 Å². The number of nitrogens with zero attached hydrogens (tertiary/aromatic N) is 2. The van der Waals surface area contributed by atoms with Crippen LogP contribution in [0.5, 0.6) is 0 Å². The van der Waals surface area contributed by atoms with E-state index in [2.05, 4.69) is 10.5 Å². The van der Waals surface area contributed by atoms with Crippen molar-refractivity contribution in [1.82, 2.24) is 10.1 Å². The molecule has 0 saturated heterocycles. The Hall–Kier alpha value is -2.67. The Morgan fingerprint density at radius 3 is 2.64 bits per heavy atom. The molecule has 7 heteroatoms. The predicted octanol–water partition coefficient (Wildman–Crippen LogP) is 2.03. The highest BCUT2D eigenvalue weighted by molar-refractivity contribution is 5.91. The number of carbonyl (C=O) groups excluding carboxylic acids is 2. The molecular formula is C18H23N3O4. The van der Waals surface area contributed by atoms with Crippen molar-refractivity contribution < 1.29 is 18.8 Å². The summed E-state index contributed by atoms with van der Waals surface area (Å²) in [4.78, 5) is 26.2. The molecule has 2 aromatic rings. The number of hydrogen-bond acceptors (Lipinski definition) is 6. The molecule has 0 fully saturated rings. The highest BCUT2D eigenvalue weighted by atomic mass is 16.5. The van der Waals surface area contributed by atoms with Crippen LogP contribution in [0.4, 0.5) is 5.88 Å². The van der Waals surface area contributed by atoms with Crippen LogP contribution in [0, 0.1) is 6.92 Å². The Morgan fingerprint density at radius 2 is 2.04 bits per heavy atom. The maximum Gasteiger partial charge on any atom is 0.323 e. The average molecular weight is 345 g/mol. The summed E-state index contributed by atoms with van der Waals surface area (Å²) in [6.45, 7) is 3.84. The smallest absolute Gasteiger partial charge is 0.323 e. The number of nitrogens with one attached hydrogen (secondary N) is 1. The maximum atomic E-state index is 12.3. The van der Waals surface area contributed by atoms with Gasteiger partial charge in [0.1, 0.15) is 6.04 Å². The van der Waals surface area contributed by atoms with Crippen LogP contribution in [-0.2, 0) is 20.7 Å². The fourth-order valence-electron chi connectivity index (χ4n) is 2.43. The van der Waals surface area contributed by atoms with Gasteiger partial charge in [0.15, 0.2) is 0 Å². The molecular weight excluding hydrogens is 322 g/mol. The number of rotatable bonds is 8. The zero-order chi connectivity index (χ0) is 18.2. The van der Waals surface area contributed by atoms with Gasteiger partial charge < -0.3 is 9.26 Å². The lowest BCUT2D eigenvalue weighted by atomic mass is 10.0. The van der Waals surface area contributed by atoms with Crippen LogP contribution >= 0.6 is 0 Å². The summed E-state index contributed by atoms with van der Waals surface area (Å²) >= 11 is 0. The van der Waals surface area contributed by atoms with Crippen molar-refractivity contribution in [1.29, 1.82) is 0 Å². The molecule has 1 heterocycles. The van der Waals surface area contributed by atoms with Crippen LogP contribution in [0.2, 0.25) is 0 Å². The van der Waals surface area contributed by atoms with E-state index >= 15 is 0 Å². The molecule has 1 N–H and O–H groups in total. The van der Waals surface area contributed by atoms with Gasteiger partial charge in [0, 0.05) is 6.07 Å². The summed E-state index contributed by atoms with van der Waals surface area (Å²) in [5.41, 5.74) is 1.68. The minimum Gasteiger partial charge on any atom is -0.465 e. The molecule has 0 bridgehead atoms. The summed E-state index contributed by atoms with van der Waals surface area (Å²) in [7, 11) is 1.72. The van der Waals surface area contributed by atoms with Gasteiger partial charge in [0.05, 0.1) is 18.8 Å². The SMILES string of the molecule is CCOC(=O)[C@H](Cc1ccccc1)N(C)CC(=O)Nc1cc(C)no1. The number of esters is 1. The van der Waals surface area contributed by atoms with Crippen molar-refractivity contribution in [3.05, 3.63) is 47.7 Å². The van der Waals surface area contributed by atoms with Crippen LogP contribution < -0.4 is 5.32 Å². The van der Waals surface area contributed by atoms with Crippen molar-refractivity contribution >= 4 is 17.8 Å². The zero-order valence-electron chi connectivity index (χ0n) is 14.7. The number of anilines is 1. The summed E-state index contributed by atoms with van der Waals surface area (Å²) in [5, 5.41) is 6.34. The molecule has 0 saturated carbocycles. The van der Waals surface area contributed by atoms with E-state index in [1.165, 1.54) is 0 Å². The summed E-state index contributed by atoms with van der Waals surface area (Å²) in [6, 6.07) is 10.7. The minimum atomic E-state index is -0.551. The van der Waals surface area contributed by atoms with Gasteiger partial charge in [0.25, 0.3) is 0 Å². The van der Waals surface area contributed by atoms with Gasteiger partial charge in [-0.15, -0.1) is 0 Å². The number of amides is 1. The molecule has 0 unspecified atom stereocenters. The monoisotopic (exact) mass is 345 g/mol. The molecule has 25 heavy (non-hydrogen) atoms. The van der Waals surface area contributed by atoms with Gasteiger partial charge in [-0.2, -0.15) is 0 Å². The van der Waals surface area contributed by atoms with Crippen molar-refractivity contribution in [2.75, 3.05) is 25.5 Å². The van der Waals surface area contributed by atoms with E-state index < -0.39 is 6.04 Å². The van der Waals surface area contributed by atoms with Gasteiger partial charge >= 0.3 is 5.97 Å². The molecule has 0 spiro atoms. The second-order valence-electron chi connectivity index (χ2n) is 5.75. The molecule has 0 aliphatic carbocycles. The van der Waals surface area contributed by atoms with Gasteiger partial charge in [-0.3, -0.25) is 19.8 Å². The molecule has 0 radical (unpaired) electrons. The van der Waals surface area contributed by atoms with Crippen molar-refractivity contribution in [3.8, 4) is 0 Å². The molecule has 1 atom stereocenters.